The normalized spacial score (nSPS) is 18.8. The van der Waals surface area contributed by atoms with Crippen LogP contribution in [0, 0.1) is 11.7 Å². The molecule has 0 amide bonds. The van der Waals surface area contributed by atoms with Gasteiger partial charge in [-0.3, -0.25) is 4.90 Å². The van der Waals surface area contributed by atoms with E-state index in [1.165, 1.54) is 6.07 Å². The fraction of sp³-hybridized carbons (Fsp3) is 0.647. The Morgan fingerprint density at radius 2 is 1.83 bits per heavy atom. The summed E-state index contributed by atoms with van der Waals surface area (Å²) >= 11 is 0. The van der Waals surface area contributed by atoms with E-state index in [0.29, 0.717) is 19.2 Å². The number of rotatable bonds is 5. The number of nitrogens with one attached hydrogen (secondary N) is 1. The molecule has 1 aliphatic rings. The third kappa shape index (κ3) is 5.07. The van der Waals surface area contributed by atoms with Crippen molar-refractivity contribution < 1.29 is 17.6 Å². The maximum Gasteiger partial charge on any atom is 0.416 e. The highest BCUT2D eigenvalue weighted by Gasteiger charge is 2.38. The zero-order chi connectivity index (χ0) is 17.0. The molecule has 1 aromatic rings. The Kier molecular flexibility index (Phi) is 7.96. The van der Waals surface area contributed by atoms with Crippen molar-refractivity contribution in [3.63, 3.8) is 0 Å². The van der Waals surface area contributed by atoms with E-state index in [9.17, 15) is 17.6 Å². The summed E-state index contributed by atoms with van der Waals surface area (Å²) in [5.74, 6) is -0.770. The Hall–Kier alpha value is -0.850. The van der Waals surface area contributed by atoms with Gasteiger partial charge in [-0.15, -0.1) is 12.4 Å². The molecule has 0 spiro atoms. The van der Waals surface area contributed by atoms with E-state index in [1.807, 2.05) is 13.8 Å². The molecule has 1 N–H and O–H groups in total. The average Bonchev–Trinajstić information content (AvgIpc) is 2.49. The zero-order valence-corrected chi connectivity index (χ0v) is 14.8. The molecule has 1 saturated heterocycles. The van der Waals surface area contributed by atoms with Gasteiger partial charge < -0.3 is 5.32 Å². The van der Waals surface area contributed by atoms with E-state index in [1.54, 1.807) is 0 Å². The first-order valence-electron chi connectivity index (χ1n) is 8.16. The minimum absolute atomic E-state index is 0. The molecular weight excluding hydrogens is 344 g/mol. The van der Waals surface area contributed by atoms with Crippen LogP contribution in [0.2, 0.25) is 0 Å². The fourth-order valence-electron chi connectivity index (χ4n) is 3.47. The first kappa shape index (κ1) is 21.2. The Morgan fingerprint density at radius 3 is 2.38 bits per heavy atom. The Labute approximate surface area is 147 Å². The lowest BCUT2D eigenvalue weighted by Gasteiger charge is -2.39. The average molecular weight is 369 g/mol. The number of hydrogen-bond donors (Lipinski definition) is 1. The molecule has 1 heterocycles. The minimum Gasteiger partial charge on any atom is -0.314 e. The van der Waals surface area contributed by atoms with Crippen LogP contribution in [0.5, 0.6) is 0 Å². The van der Waals surface area contributed by atoms with Gasteiger partial charge in [0.1, 0.15) is 5.82 Å². The highest BCUT2D eigenvalue weighted by atomic mass is 35.5. The highest BCUT2D eigenvalue weighted by Crippen LogP contribution is 2.40. The van der Waals surface area contributed by atoms with E-state index in [4.69, 9.17) is 0 Å². The molecule has 0 bridgehead atoms. The van der Waals surface area contributed by atoms with Crippen LogP contribution in [-0.4, -0.2) is 31.1 Å². The van der Waals surface area contributed by atoms with E-state index in [0.717, 1.165) is 32.0 Å². The summed E-state index contributed by atoms with van der Waals surface area (Å²) in [5, 5.41) is 3.22. The zero-order valence-electron chi connectivity index (χ0n) is 14.0. The predicted octanol–water partition coefficient (Wildman–Crippen LogP) is 4.65. The smallest absolute Gasteiger partial charge is 0.314 e. The standard InChI is InChI=1S/C17H24F4N2.ClH/c1-3-4-12(2)16(23-9-7-22-8-10-23)14-6-5-13(18)11-15(14)17(19,20)21;/h5-6,11-12,16,22H,3-4,7-10H2,1-2H3;1H/t12?,16-;/m1./s1. The summed E-state index contributed by atoms with van der Waals surface area (Å²) < 4.78 is 53.6. The fourth-order valence-corrected chi connectivity index (χ4v) is 3.47. The number of piperazine rings is 1. The van der Waals surface area contributed by atoms with E-state index < -0.39 is 17.6 Å². The summed E-state index contributed by atoms with van der Waals surface area (Å²) in [7, 11) is 0. The van der Waals surface area contributed by atoms with Crippen LogP contribution in [0.25, 0.3) is 0 Å². The molecule has 0 aliphatic carbocycles. The third-order valence-corrected chi connectivity index (χ3v) is 4.47. The lowest BCUT2D eigenvalue weighted by atomic mass is 9.86. The maximum atomic E-state index is 13.4. The molecule has 0 saturated carbocycles. The number of benzene rings is 1. The van der Waals surface area contributed by atoms with E-state index in [2.05, 4.69) is 10.2 Å². The second kappa shape index (κ2) is 9.02. The molecule has 2 atom stereocenters. The second-order valence-electron chi connectivity index (χ2n) is 6.23. The van der Waals surface area contributed by atoms with Crippen molar-refractivity contribution in [2.45, 2.75) is 38.9 Å². The van der Waals surface area contributed by atoms with Crippen LogP contribution in [-0.2, 0) is 6.18 Å². The molecule has 1 aliphatic heterocycles. The summed E-state index contributed by atoms with van der Waals surface area (Å²) in [5.41, 5.74) is -0.647. The molecule has 2 rings (SSSR count). The highest BCUT2D eigenvalue weighted by molar-refractivity contribution is 5.85. The van der Waals surface area contributed by atoms with Gasteiger partial charge >= 0.3 is 6.18 Å². The number of alkyl halides is 3. The molecule has 1 fully saturated rings. The van der Waals surface area contributed by atoms with Gasteiger partial charge in [0.25, 0.3) is 0 Å². The Morgan fingerprint density at radius 1 is 1.21 bits per heavy atom. The topological polar surface area (TPSA) is 15.3 Å². The van der Waals surface area contributed by atoms with Gasteiger partial charge in [0.2, 0.25) is 0 Å². The summed E-state index contributed by atoms with van der Waals surface area (Å²) in [6, 6.07) is 2.74. The lowest BCUT2D eigenvalue weighted by molar-refractivity contribution is -0.139. The monoisotopic (exact) mass is 368 g/mol. The van der Waals surface area contributed by atoms with Crippen LogP contribution in [0.4, 0.5) is 17.6 Å². The third-order valence-electron chi connectivity index (χ3n) is 4.47. The van der Waals surface area contributed by atoms with Crippen molar-refractivity contribution in [3.05, 3.63) is 35.1 Å². The molecular formula is C17H25ClF4N2. The number of hydrogen-bond acceptors (Lipinski definition) is 2. The lowest BCUT2D eigenvalue weighted by Crippen LogP contribution is -2.47. The quantitative estimate of drug-likeness (QED) is 0.761. The molecule has 0 radical (unpaired) electrons. The molecule has 7 heteroatoms. The van der Waals surface area contributed by atoms with Crippen molar-refractivity contribution in [2.24, 2.45) is 5.92 Å². The molecule has 24 heavy (non-hydrogen) atoms. The maximum absolute atomic E-state index is 13.4. The van der Waals surface area contributed by atoms with Gasteiger partial charge in [-0.05, 0) is 30.0 Å². The van der Waals surface area contributed by atoms with Crippen molar-refractivity contribution in [2.75, 3.05) is 26.2 Å². The van der Waals surface area contributed by atoms with Gasteiger partial charge in [-0.1, -0.05) is 26.3 Å². The number of halogens is 5. The Balaban J connectivity index is 0.00000288. The molecule has 2 nitrogen and oxygen atoms in total. The predicted molar refractivity (Wildman–Crippen MR) is 89.9 cm³/mol. The first-order chi connectivity index (χ1) is 10.8. The summed E-state index contributed by atoms with van der Waals surface area (Å²) in [6.07, 6.45) is -2.80. The van der Waals surface area contributed by atoms with Crippen LogP contribution < -0.4 is 5.32 Å². The van der Waals surface area contributed by atoms with E-state index >= 15 is 0 Å². The molecule has 138 valence electrons. The summed E-state index contributed by atoms with van der Waals surface area (Å²) in [4.78, 5) is 2.10. The summed E-state index contributed by atoms with van der Waals surface area (Å²) in [6.45, 7) is 6.94. The second-order valence-corrected chi connectivity index (χ2v) is 6.23. The van der Waals surface area contributed by atoms with Gasteiger partial charge in [-0.25, -0.2) is 4.39 Å². The van der Waals surface area contributed by atoms with Crippen molar-refractivity contribution in [1.82, 2.24) is 10.2 Å². The van der Waals surface area contributed by atoms with Crippen LogP contribution in [0.15, 0.2) is 18.2 Å². The SMILES string of the molecule is CCCC(C)[C@H](c1ccc(F)cc1C(F)(F)F)N1CCNCC1.Cl. The van der Waals surface area contributed by atoms with Crippen molar-refractivity contribution >= 4 is 12.4 Å². The van der Waals surface area contributed by atoms with Crippen LogP contribution >= 0.6 is 12.4 Å². The number of nitrogens with zero attached hydrogens (tertiary/aromatic N) is 1. The van der Waals surface area contributed by atoms with Gasteiger partial charge in [0.15, 0.2) is 0 Å². The Bertz CT molecular complexity index is 516. The molecule has 0 aromatic heterocycles. The molecule has 1 aromatic carbocycles. The van der Waals surface area contributed by atoms with E-state index in [-0.39, 0.29) is 29.9 Å². The van der Waals surface area contributed by atoms with Crippen LogP contribution in [0.3, 0.4) is 0 Å². The van der Waals surface area contributed by atoms with Crippen molar-refractivity contribution in [3.8, 4) is 0 Å². The molecule has 1 unspecified atom stereocenters. The van der Waals surface area contributed by atoms with Crippen molar-refractivity contribution in [1.29, 1.82) is 0 Å². The van der Waals surface area contributed by atoms with Gasteiger partial charge in [0.05, 0.1) is 5.56 Å². The van der Waals surface area contributed by atoms with Gasteiger partial charge in [-0.2, -0.15) is 13.2 Å². The van der Waals surface area contributed by atoms with Crippen LogP contribution in [0.1, 0.15) is 43.9 Å². The first-order valence-corrected chi connectivity index (χ1v) is 8.16. The van der Waals surface area contributed by atoms with Gasteiger partial charge in [0, 0.05) is 32.2 Å². The minimum atomic E-state index is -4.55. The largest absolute Gasteiger partial charge is 0.416 e.